The summed E-state index contributed by atoms with van der Waals surface area (Å²) in [5.41, 5.74) is -0.0259. The predicted octanol–water partition coefficient (Wildman–Crippen LogP) is 2.80. The molecule has 4 N–H and O–H groups in total. The van der Waals surface area contributed by atoms with Crippen LogP contribution in [-0.4, -0.2) is 40.7 Å². The van der Waals surface area contributed by atoms with Crippen molar-refractivity contribution in [1.29, 1.82) is 0 Å². The van der Waals surface area contributed by atoms with Gasteiger partial charge in [0.15, 0.2) is 6.29 Å². The van der Waals surface area contributed by atoms with Crippen molar-refractivity contribution in [2.45, 2.75) is 56.8 Å². The molecule has 0 spiro atoms. The SMILES string of the molecule is O=C1NC(=O)/C(=C/C2=CC=NC(N[C@H]3CC[C@H](NCc4ncccc4C(F)(F)F)CC3)N2)S1. The second-order valence-electron chi connectivity index (χ2n) is 7.91. The molecule has 176 valence electrons. The number of alkyl halides is 3. The normalized spacial score (nSPS) is 26.8. The first-order valence-electron chi connectivity index (χ1n) is 10.5. The number of halogens is 3. The van der Waals surface area contributed by atoms with Gasteiger partial charge in [-0.1, -0.05) is 0 Å². The Bertz CT molecular complexity index is 1000. The number of carbonyl (C=O) groups is 2. The second-order valence-corrected chi connectivity index (χ2v) is 8.93. The molecule has 0 bridgehead atoms. The van der Waals surface area contributed by atoms with E-state index in [1.807, 2.05) is 0 Å². The van der Waals surface area contributed by atoms with Crippen molar-refractivity contribution in [3.8, 4) is 0 Å². The van der Waals surface area contributed by atoms with Gasteiger partial charge in [0.25, 0.3) is 11.1 Å². The third-order valence-corrected chi connectivity index (χ3v) is 6.41. The van der Waals surface area contributed by atoms with Crippen molar-refractivity contribution in [2.75, 3.05) is 0 Å². The van der Waals surface area contributed by atoms with E-state index in [-0.39, 0.29) is 30.6 Å². The van der Waals surface area contributed by atoms with Gasteiger partial charge in [0.1, 0.15) is 0 Å². The van der Waals surface area contributed by atoms with Gasteiger partial charge in [-0.2, -0.15) is 13.2 Å². The highest BCUT2D eigenvalue weighted by Gasteiger charge is 2.34. The summed E-state index contributed by atoms with van der Waals surface area (Å²) < 4.78 is 39.4. The van der Waals surface area contributed by atoms with Crippen LogP contribution in [0.15, 0.2) is 46.1 Å². The lowest BCUT2D eigenvalue weighted by Gasteiger charge is -2.32. The monoisotopic (exact) mass is 480 g/mol. The molecule has 2 amide bonds. The van der Waals surface area contributed by atoms with E-state index in [2.05, 4.69) is 31.2 Å². The number of nitrogens with zero attached hydrogens (tertiary/aromatic N) is 2. The fraction of sp³-hybridized carbons (Fsp3) is 0.429. The molecule has 4 rings (SSSR count). The summed E-state index contributed by atoms with van der Waals surface area (Å²) in [6.07, 6.45) is 4.86. The molecule has 33 heavy (non-hydrogen) atoms. The summed E-state index contributed by atoms with van der Waals surface area (Å²) in [7, 11) is 0. The zero-order chi connectivity index (χ0) is 23.4. The molecule has 1 saturated carbocycles. The average Bonchev–Trinajstić information content (AvgIpc) is 3.09. The Hall–Kier alpha value is -2.70. The quantitative estimate of drug-likeness (QED) is 0.464. The summed E-state index contributed by atoms with van der Waals surface area (Å²) in [5.74, 6) is -0.418. The molecule has 1 aromatic rings. The molecule has 8 nitrogen and oxygen atoms in total. The number of hydrogen-bond acceptors (Lipinski definition) is 8. The zero-order valence-corrected chi connectivity index (χ0v) is 18.3. The summed E-state index contributed by atoms with van der Waals surface area (Å²) in [6.45, 7) is 0.0732. The topological polar surface area (TPSA) is 108 Å². The molecular formula is C21H23F3N6O2S. The largest absolute Gasteiger partial charge is 0.418 e. The number of allylic oxidation sites excluding steroid dienone is 2. The van der Waals surface area contributed by atoms with Crippen LogP contribution in [0.25, 0.3) is 0 Å². The zero-order valence-electron chi connectivity index (χ0n) is 17.5. The van der Waals surface area contributed by atoms with Crippen LogP contribution in [0, 0.1) is 0 Å². The molecule has 1 aromatic heterocycles. The smallest absolute Gasteiger partial charge is 0.351 e. The lowest BCUT2D eigenvalue weighted by molar-refractivity contribution is -0.138. The number of amides is 2. The van der Waals surface area contributed by atoms with Gasteiger partial charge in [-0.15, -0.1) is 0 Å². The lowest BCUT2D eigenvalue weighted by atomic mass is 9.91. The molecule has 12 heteroatoms. The minimum absolute atomic E-state index is 0.00948. The Balaban J connectivity index is 1.23. The van der Waals surface area contributed by atoms with E-state index in [0.29, 0.717) is 10.6 Å². The van der Waals surface area contributed by atoms with Crippen LogP contribution in [0.4, 0.5) is 18.0 Å². The maximum absolute atomic E-state index is 13.1. The van der Waals surface area contributed by atoms with Gasteiger partial charge in [-0.25, -0.2) is 0 Å². The number of aromatic nitrogens is 1. The molecular weight excluding hydrogens is 457 g/mol. The number of nitrogens with one attached hydrogen (secondary N) is 4. The summed E-state index contributed by atoms with van der Waals surface area (Å²) in [5, 5.41) is 11.6. The van der Waals surface area contributed by atoms with Crippen LogP contribution in [-0.2, 0) is 17.5 Å². The van der Waals surface area contributed by atoms with E-state index >= 15 is 0 Å². The number of carbonyl (C=O) groups excluding carboxylic acids is 2. The first kappa shape index (κ1) is 23.5. The highest BCUT2D eigenvalue weighted by atomic mass is 32.2. The van der Waals surface area contributed by atoms with E-state index in [0.717, 1.165) is 43.5 Å². The number of thioether (sulfide) groups is 1. The molecule has 2 fully saturated rings. The second kappa shape index (κ2) is 10.1. The fourth-order valence-corrected chi connectivity index (χ4v) is 4.63. The van der Waals surface area contributed by atoms with Gasteiger partial charge in [0, 0.05) is 36.7 Å². The molecule has 1 atom stereocenters. The van der Waals surface area contributed by atoms with Gasteiger partial charge in [-0.3, -0.25) is 30.2 Å². The Morgan fingerprint density at radius 2 is 1.94 bits per heavy atom. The van der Waals surface area contributed by atoms with Crippen LogP contribution < -0.4 is 21.3 Å². The average molecular weight is 481 g/mol. The van der Waals surface area contributed by atoms with Gasteiger partial charge >= 0.3 is 6.18 Å². The predicted molar refractivity (Wildman–Crippen MR) is 118 cm³/mol. The minimum Gasteiger partial charge on any atom is -0.351 e. The maximum atomic E-state index is 13.1. The number of imide groups is 1. The maximum Gasteiger partial charge on any atom is 0.418 e. The van der Waals surface area contributed by atoms with Gasteiger partial charge in [0.2, 0.25) is 0 Å². The number of rotatable bonds is 6. The highest BCUT2D eigenvalue weighted by Crippen LogP contribution is 2.31. The Kier molecular flexibility index (Phi) is 7.15. The standard InChI is InChI=1S/C21H23F3N6O2S/c22-21(23,24)15-2-1-8-25-16(15)11-27-12-3-5-13(6-4-12)28-19-26-9-7-14(29-19)10-17-18(31)30-20(32)33-17/h1-2,7-10,12-13,19,27-29H,3-6,11H2,(H,30,31,32)/b17-10-/t12-,13-,19?. The van der Waals surface area contributed by atoms with Crippen LogP contribution in [0.2, 0.25) is 0 Å². The lowest BCUT2D eigenvalue weighted by Crippen LogP contribution is -2.49. The first-order chi connectivity index (χ1) is 15.8. The van der Waals surface area contributed by atoms with E-state index in [4.69, 9.17) is 0 Å². The van der Waals surface area contributed by atoms with Gasteiger partial charge in [0.05, 0.1) is 16.2 Å². The minimum atomic E-state index is -4.42. The number of hydrogen-bond donors (Lipinski definition) is 4. The summed E-state index contributed by atoms with van der Waals surface area (Å²) >= 11 is 0.852. The van der Waals surface area contributed by atoms with Crippen molar-refractivity contribution in [1.82, 2.24) is 26.3 Å². The van der Waals surface area contributed by atoms with E-state index < -0.39 is 22.9 Å². The van der Waals surface area contributed by atoms with E-state index in [1.165, 1.54) is 12.3 Å². The van der Waals surface area contributed by atoms with E-state index in [9.17, 15) is 22.8 Å². The Morgan fingerprint density at radius 1 is 1.18 bits per heavy atom. The van der Waals surface area contributed by atoms with Crippen molar-refractivity contribution < 1.29 is 22.8 Å². The number of aliphatic imine (C=N–C) groups is 1. The molecule has 1 saturated heterocycles. The van der Waals surface area contributed by atoms with Gasteiger partial charge < -0.3 is 10.6 Å². The Morgan fingerprint density at radius 3 is 2.64 bits per heavy atom. The highest BCUT2D eigenvalue weighted by molar-refractivity contribution is 8.18. The van der Waals surface area contributed by atoms with Crippen LogP contribution >= 0.6 is 11.8 Å². The molecule has 3 heterocycles. The van der Waals surface area contributed by atoms with Gasteiger partial charge in [-0.05, 0) is 61.7 Å². The van der Waals surface area contributed by atoms with Crippen molar-refractivity contribution in [3.63, 3.8) is 0 Å². The molecule has 0 aromatic carbocycles. The van der Waals surface area contributed by atoms with Crippen LogP contribution in [0.1, 0.15) is 36.9 Å². The van der Waals surface area contributed by atoms with Crippen LogP contribution in [0.5, 0.6) is 0 Å². The first-order valence-corrected chi connectivity index (χ1v) is 11.3. The van der Waals surface area contributed by atoms with Crippen LogP contribution in [0.3, 0.4) is 0 Å². The fourth-order valence-electron chi connectivity index (χ4n) is 3.95. The molecule has 2 aliphatic heterocycles. The van der Waals surface area contributed by atoms with Crippen molar-refractivity contribution in [3.05, 3.63) is 52.3 Å². The molecule has 1 aliphatic carbocycles. The molecule has 1 unspecified atom stereocenters. The molecule has 3 aliphatic rings. The summed E-state index contributed by atoms with van der Waals surface area (Å²) in [6, 6.07) is 2.65. The third-order valence-electron chi connectivity index (χ3n) is 5.60. The van der Waals surface area contributed by atoms with Crippen molar-refractivity contribution >= 4 is 29.1 Å². The third kappa shape index (κ3) is 6.21. The Labute approximate surface area is 192 Å². The summed E-state index contributed by atoms with van der Waals surface area (Å²) in [4.78, 5) is 31.6. The van der Waals surface area contributed by atoms with Crippen molar-refractivity contribution in [2.24, 2.45) is 4.99 Å². The number of pyridine rings is 1. The molecule has 0 radical (unpaired) electrons. The van der Waals surface area contributed by atoms with E-state index in [1.54, 1.807) is 18.4 Å².